The van der Waals surface area contributed by atoms with Crippen LogP contribution in [0.25, 0.3) is 22.6 Å². The predicted octanol–water partition coefficient (Wildman–Crippen LogP) is 2.93. The second-order valence-corrected chi connectivity index (χ2v) is 7.12. The van der Waals surface area contributed by atoms with Crippen molar-refractivity contribution in [3.63, 3.8) is 0 Å². The molecule has 0 N–H and O–H groups in total. The molecule has 0 aliphatic rings. The highest BCUT2D eigenvalue weighted by Crippen LogP contribution is 2.24. The summed E-state index contributed by atoms with van der Waals surface area (Å²) in [6.07, 6.45) is 1.37. The Balaban J connectivity index is 1.42. The number of halogens is 2. The molecule has 0 unspecified atom stereocenters. The van der Waals surface area contributed by atoms with E-state index in [4.69, 9.17) is 16.1 Å². The van der Waals surface area contributed by atoms with Gasteiger partial charge in [0.1, 0.15) is 18.7 Å². The third-order valence-corrected chi connectivity index (χ3v) is 4.96. The van der Waals surface area contributed by atoms with E-state index in [2.05, 4.69) is 25.4 Å². The minimum Gasteiger partial charge on any atom is -0.337 e. The summed E-state index contributed by atoms with van der Waals surface area (Å²) in [5, 5.41) is 12.4. The van der Waals surface area contributed by atoms with Crippen molar-refractivity contribution in [3.05, 3.63) is 87.5 Å². The molecule has 9 nitrogen and oxygen atoms in total. The molecule has 5 aromatic rings. The zero-order valence-electron chi connectivity index (χ0n) is 15.8. The lowest BCUT2D eigenvalue weighted by Crippen LogP contribution is -2.21. The maximum Gasteiger partial charge on any atom is 0.283 e. The van der Waals surface area contributed by atoms with Crippen molar-refractivity contribution in [1.29, 1.82) is 0 Å². The molecule has 0 radical (unpaired) electrons. The van der Waals surface area contributed by atoms with Gasteiger partial charge in [-0.05, 0) is 29.8 Å². The highest BCUT2D eigenvalue weighted by atomic mass is 35.5. The predicted molar refractivity (Wildman–Crippen MR) is 109 cm³/mol. The second kappa shape index (κ2) is 7.73. The van der Waals surface area contributed by atoms with Crippen LogP contribution in [0.5, 0.6) is 0 Å². The molecule has 11 heteroatoms. The van der Waals surface area contributed by atoms with Gasteiger partial charge in [0, 0.05) is 5.56 Å². The topological polar surface area (TPSA) is 105 Å². The molecule has 0 aliphatic heterocycles. The first-order valence-electron chi connectivity index (χ1n) is 9.19. The molecule has 0 saturated carbocycles. The molecular formula is C20H13ClFN7O2. The van der Waals surface area contributed by atoms with Gasteiger partial charge in [0.25, 0.3) is 5.56 Å². The van der Waals surface area contributed by atoms with Gasteiger partial charge in [-0.2, -0.15) is 4.98 Å². The summed E-state index contributed by atoms with van der Waals surface area (Å²) in [4.78, 5) is 21.4. The van der Waals surface area contributed by atoms with Crippen molar-refractivity contribution in [1.82, 2.24) is 34.7 Å². The van der Waals surface area contributed by atoms with E-state index >= 15 is 0 Å². The van der Waals surface area contributed by atoms with Crippen LogP contribution in [0.1, 0.15) is 11.5 Å². The van der Waals surface area contributed by atoms with Crippen molar-refractivity contribution in [2.45, 2.75) is 13.1 Å². The van der Waals surface area contributed by atoms with Gasteiger partial charge in [-0.25, -0.2) is 14.1 Å². The maximum atomic E-state index is 13.1. The third kappa shape index (κ3) is 3.68. The summed E-state index contributed by atoms with van der Waals surface area (Å²) in [5.41, 5.74) is 1.47. The zero-order valence-corrected chi connectivity index (χ0v) is 16.6. The van der Waals surface area contributed by atoms with E-state index in [1.54, 1.807) is 30.3 Å². The van der Waals surface area contributed by atoms with Gasteiger partial charge >= 0.3 is 0 Å². The average Bonchev–Trinajstić information content (AvgIpc) is 3.40. The summed E-state index contributed by atoms with van der Waals surface area (Å²) in [7, 11) is 0. The molecule has 0 amide bonds. The van der Waals surface area contributed by atoms with Crippen LogP contribution in [-0.4, -0.2) is 34.7 Å². The summed E-state index contributed by atoms with van der Waals surface area (Å²) >= 11 is 6.16. The number of nitrogens with zero attached hydrogens (tertiary/aromatic N) is 7. The van der Waals surface area contributed by atoms with Crippen LogP contribution in [0, 0.1) is 5.82 Å². The van der Waals surface area contributed by atoms with E-state index in [1.165, 1.54) is 27.7 Å². The molecule has 3 aromatic heterocycles. The van der Waals surface area contributed by atoms with Gasteiger partial charge in [-0.15, -0.1) is 5.10 Å². The van der Waals surface area contributed by atoms with E-state index in [9.17, 15) is 9.18 Å². The fourth-order valence-electron chi connectivity index (χ4n) is 3.09. The Kier molecular flexibility index (Phi) is 4.75. The lowest BCUT2D eigenvalue weighted by Gasteiger charge is -2.03. The molecule has 0 bridgehead atoms. The minimum atomic E-state index is -0.396. The Morgan fingerprint density at radius 1 is 1.06 bits per heavy atom. The standard InChI is InChI=1S/C20H13ClFN7O2/c21-15-4-2-1-3-14(15)18-24-16(31-26-18)10-28-11-23-19-17(20(28)30)25-27-29(19)9-12-5-7-13(22)8-6-12/h1-8,11H,9-10H2. The Hall–Kier alpha value is -3.92. The Morgan fingerprint density at radius 3 is 2.68 bits per heavy atom. The van der Waals surface area contributed by atoms with Gasteiger partial charge in [0.05, 0.1) is 11.6 Å². The summed E-state index contributed by atoms with van der Waals surface area (Å²) in [6, 6.07) is 13.1. The van der Waals surface area contributed by atoms with Crippen LogP contribution < -0.4 is 5.56 Å². The fraction of sp³-hybridized carbons (Fsp3) is 0.100. The smallest absolute Gasteiger partial charge is 0.283 e. The van der Waals surface area contributed by atoms with E-state index in [1.807, 2.05) is 6.07 Å². The van der Waals surface area contributed by atoms with Crippen LogP contribution in [0.4, 0.5) is 4.39 Å². The summed E-state index contributed by atoms with van der Waals surface area (Å²) < 4.78 is 21.1. The molecule has 0 saturated heterocycles. The molecule has 2 aromatic carbocycles. The summed E-state index contributed by atoms with van der Waals surface area (Å²) in [5.74, 6) is 0.219. The van der Waals surface area contributed by atoms with Crippen LogP contribution >= 0.6 is 11.6 Å². The highest BCUT2D eigenvalue weighted by Gasteiger charge is 2.16. The minimum absolute atomic E-state index is 0.0179. The van der Waals surface area contributed by atoms with Gasteiger partial charge < -0.3 is 4.52 Å². The fourth-order valence-corrected chi connectivity index (χ4v) is 3.31. The lowest BCUT2D eigenvalue weighted by atomic mass is 10.2. The maximum absolute atomic E-state index is 13.1. The third-order valence-electron chi connectivity index (χ3n) is 4.63. The number of hydrogen-bond acceptors (Lipinski definition) is 7. The molecule has 3 heterocycles. The first-order chi connectivity index (χ1) is 15.1. The first kappa shape index (κ1) is 19.1. The van der Waals surface area contributed by atoms with E-state index < -0.39 is 5.56 Å². The molecule has 154 valence electrons. The molecule has 0 aliphatic carbocycles. The summed E-state index contributed by atoms with van der Waals surface area (Å²) in [6.45, 7) is 0.322. The molecule has 0 atom stereocenters. The molecule has 0 fully saturated rings. The Labute approximate surface area is 178 Å². The number of aromatic nitrogens is 7. The SMILES string of the molecule is O=c1c2nnn(Cc3ccc(F)cc3)c2ncn1Cc1nc(-c2ccccc2Cl)no1. The quantitative estimate of drug-likeness (QED) is 0.416. The monoisotopic (exact) mass is 437 g/mol. The van der Waals surface area contributed by atoms with Gasteiger partial charge in [-0.3, -0.25) is 9.36 Å². The van der Waals surface area contributed by atoms with Gasteiger partial charge in [0.2, 0.25) is 11.7 Å². The lowest BCUT2D eigenvalue weighted by molar-refractivity contribution is 0.369. The average molecular weight is 438 g/mol. The van der Waals surface area contributed by atoms with Crippen molar-refractivity contribution in [2.24, 2.45) is 0 Å². The highest BCUT2D eigenvalue weighted by molar-refractivity contribution is 6.33. The molecule has 5 rings (SSSR count). The normalized spacial score (nSPS) is 11.3. The second-order valence-electron chi connectivity index (χ2n) is 6.71. The number of benzene rings is 2. The van der Waals surface area contributed by atoms with Gasteiger partial charge in [0.15, 0.2) is 11.2 Å². The Bertz CT molecular complexity index is 1440. The zero-order chi connectivity index (χ0) is 21.4. The van der Waals surface area contributed by atoms with Crippen LogP contribution in [0.3, 0.4) is 0 Å². The number of fused-ring (bicyclic) bond motifs is 1. The number of rotatable bonds is 5. The molecule has 31 heavy (non-hydrogen) atoms. The molecule has 0 spiro atoms. The van der Waals surface area contributed by atoms with Crippen LogP contribution in [0.2, 0.25) is 5.02 Å². The van der Waals surface area contributed by atoms with Crippen LogP contribution in [0.15, 0.2) is 64.2 Å². The van der Waals surface area contributed by atoms with E-state index in [0.717, 1.165) is 5.56 Å². The number of hydrogen-bond donors (Lipinski definition) is 0. The van der Waals surface area contributed by atoms with E-state index in [-0.39, 0.29) is 23.8 Å². The van der Waals surface area contributed by atoms with Crippen molar-refractivity contribution in [2.75, 3.05) is 0 Å². The van der Waals surface area contributed by atoms with Crippen LogP contribution in [-0.2, 0) is 13.1 Å². The van der Waals surface area contributed by atoms with Gasteiger partial charge in [-0.1, -0.05) is 46.2 Å². The van der Waals surface area contributed by atoms with Crippen molar-refractivity contribution < 1.29 is 8.91 Å². The largest absolute Gasteiger partial charge is 0.337 e. The van der Waals surface area contributed by atoms with E-state index in [0.29, 0.717) is 28.6 Å². The van der Waals surface area contributed by atoms with Crippen molar-refractivity contribution >= 4 is 22.8 Å². The van der Waals surface area contributed by atoms with Crippen molar-refractivity contribution in [3.8, 4) is 11.4 Å². The first-order valence-corrected chi connectivity index (χ1v) is 9.57. The Morgan fingerprint density at radius 2 is 1.87 bits per heavy atom. The molecular weight excluding hydrogens is 425 g/mol.